The van der Waals surface area contributed by atoms with E-state index in [9.17, 15) is 9.18 Å². The Kier molecular flexibility index (Phi) is 4.77. The van der Waals surface area contributed by atoms with Crippen molar-refractivity contribution in [2.45, 2.75) is 24.8 Å². The summed E-state index contributed by atoms with van der Waals surface area (Å²) in [5, 5.41) is 8.54. The Hall–Kier alpha value is -0.680. The average Bonchev–Trinajstić information content (AvgIpc) is 2.04. The molecule has 5 heteroatoms. The van der Waals surface area contributed by atoms with Crippen LogP contribution in [0.5, 0.6) is 0 Å². The third-order valence-corrected chi connectivity index (χ3v) is 1.74. The van der Waals surface area contributed by atoms with Gasteiger partial charge in [0.2, 0.25) is 0 Å². The molecule has 4 nitrogen and oxygen atoms in total. The highest BCUT2D eigenvalue weighted by Crippen LogP contribution is 2.12. The Morgan fingerprint density at radius 3 is 2.42 bits per heavy atom. The average molecular weight is 178 g/mol. The molecule has 0 aliphatic carbocycles. The van der Waals surface area contributed by atoms with Gasteiger partial charge in [0, 0.05) is 0 Å². The second kappa shape index (κ2) is 5.05. The summed E-state index contributed by atoms with van der Waals surface area (Å²) in [7, 11) is 0. The zero-order chi connectivity index (χ0) is 9.61. The van der Waals surface area contributed by atoms with E-state index in [0.29, 0.717) is 19.4 Å². The van der Waals surface area contributed by atoms with Crippen LogP contribution in [-0.2, 0) is 4.79 Å². The van der Waals surface area contributed by atoms with Crippen LogP contribution in [-0.4, -0.2) is 29.8 Å². The molecule has 0 aliphatic rings. The van der Waals surface area contributed by atoms with Crippen LogP contribution < -0.4 is 11.5 Å². The monoisotopic (exact) mass is 178 g/mol. The van der Waals surface area contributed by atoms with E-state index in [1.807, 2.05) is 0 Å². The molecule has 0 saturated carbocycles. The van der Waals surface area contributed by atoms with Gasteiger partial charge in [0.05, 0.1) is 0 Å². The highest BCUT2D eigenvalue weighted by atomic mass is 19.1. The smallest absolute Gasteiger partial charge is 0.326 e. The van der Waals surface area contributed by atoms with Crippen molar-refractivity contribution in [3.05, 3.63) is 0 Å². The van der Waals surface area contributed by atoms with Crippen LogP contribution in [0.3, 0.4) is 0 Å². The summed E-state index contributed by atoms with van der Waals surface area (Å²) in [6.07, 6.45) is 1.35. The summed E-state index contributed by atoms with van der Waals surface area (Å²) in [5.41, 5.74) is 8.75. The van der Waals surface area contributed by atoms with Crippen molar-refractivity contribution in [1.82, 2.24) is 0 Å². The third-order valence-electron chi connectivity index (χ3n) is 1.74. The van der Waals surface area contributed by atoms with Gasteiger partial charge in [-0.3, -0.25) is 4.79 Å². The number of carboxylic acid groups (broad SMARTS) is 1. The number of halogens is 1. The Labute approximate surface area is 70.7 Å². The quantitative estimate of drug-likeness (QED) is 0.494. The molecule has 0 bridgehead atoms. The summed E-state index contributed by atoms with van der Waals surface area (Å²) in [6, 6.07) is 0. The number of carbonyl (C=O) groups is 1. The first kappa shape index (κ1) is 11.3. The second-order valence-corrected chi connectivity index (χ2v) is 2.84. The van der Waals surface area contributed by atoms with Crippen LogP contribution in [0.1, 0.15) is 19.3 Å². The third kappa shape index (κ3) is 3.15. The molecule has 0 amide bonds. The van der Waals surface area contributed by atoms with Crippen molar-refractivity contribution in [1.29, 1.82) is 0 Å². The van der Waals surface area contributed by atoms with E-state index in [2.05, 4.69) is 0 Å². The van der Waals surface area contributed by atoms with Crippen LogP contribution in [0.4, 0.5) is 4.39 Å². The molecule has 1 atom stereocenters. The fourth-order valence-electron chi connectivity index (χ4n) is 0.816. The zero-order valence-corrected chi connectivity index (χ0v) is 6.92. The highest BCUT2D eigenvalue weighted by Gasteiger charge is 2.33. The Balaban J connectivity index is 3.88. The molecule has 0 rings (SSSR count). The predicted molar refractivity (Wildman–Crippen MR) is 43.4 cm³/mol. The molecule has 0 saturated heterocycles. The minimum atomic E-state index is -1.71. The maximum Gasteiger partial charge on any atom is 0.326 e. The number of unbranched alkanes of at least 4 members (excludes halogenated alkanes) is 1. The zero-order valence-electron chi connectivity index (χ0n) is 6.92. The maximum atomic E-state index is 12.2. The maximum absolute atomic E-state index is 12.2. The largest absolute Gasteiger partial charge is 0.480 e. The van der Waals surface area contributed by atoms with Gasteiger partial charge in [0.15, 0.2) is 0 Å². The summed E-state index contributed by atoms with van der Waals surface area (Å²) in [6.45, 7) is -0.561. The number of hydrogen-bond donors (Lipinski definition) is 3. The van der Waals surface area contributed by atoms with E-state index in [4.69, 9.17) is 16.6 Å². The molecule has 0 aromatic carbocycles. The molecule has 0 aromatic heterocycles. The number of hydrogen-bond acceptors (Lipinski definition) is 3. The first-order chi connectivity index (χ1) is 5.56. The standard InChI is InChI=1S/C7H15FN2O2/c8-5-7(10,6(11)12)3-1-2-4-9/h1-5,9-10H2,(H,11,12). The van der Waals surface area contributed by atoms with E-state index in [0.717, 1.165) is 0 Å². The van der Waals surface area contributed by atoms with Gasteiger partial charge in [-0.05, 0) is 25.8 Å². The predicted octanol–water partition coefficient (Wildman–Crippen LogP) is -0.133. The van der Waals surface area contributed by atoms with Gasteiger partial charge < -0.3 is 16.6 Å². The van der Waals surface area contributed by atoms with E-state index >= 15 is 0 Å². The van der Waals surface area contributed by atoms with Crippen LogP contribution >= 0.6 is 0 Å². The van der Waals surface area contributed by atoms with Crippen molar-refractivity contribution in [3.8, 4) is 0 Å². The molecule has 0 spiro atoms. The first-order valence-corrected chi connectivity index (χ1v) is 3.85. The van der Waals surface area contributed by atoms with Gasteiger partial charge in [-0.15, -0.1) is 0 Å². The minimum Gasteiger partial charge on any atom is -0.480 e. The van der Waals surface area contributed by atoms with Gasteiger partial charge in [-0.2, -0.15) is 0 Å². The fourth-order valence-corrected chi connectivity index (χ4v) is 0.816. The lowest BCUT2D eigenvalue weighted by atomic mass is 9.95. The molecule has 0 aromatic rings. The van der Waals surface area contributed by atoms with Crippen LogP contribution in [0.2, 0.25) is 0 Å². The number of carboxylic acids is 1. The number of rotatable bonds is 6. The van der Waals surface area contributed by atoms with Crippen molar-refractivity contribution < 1.29 is 14.3 Å². The van der Waals surface area contributed by atoms with Gasteiger partial charge in [0.1, 0.15) is 12.2 Å². The Bertz CT molecular complexity index is 154. The van der Waals surface area contributed by atoms with E-state index in [1.54, 1.807) is 0 Å². The molecule has 0 fully saturated rings. The van der Waals surface area contributed by atoms with Gasteiger partial charge in [0.25, 0.3) is 0 Å². The van der Waals surface area contributed by atoms with Gasteiger partial charge in [-0.1, -0.05) is 0 Å². The molecule has 1 unspecified atom stereocenters. The van der Waals surface area contributed by atoms with Crippen molar-refractivity contribution in [2.24, 2.45) is 11.5 Å². The lowest BCUT2D eigenvalue weighted by Gasteiger charge is -2.20. The van der Waals surface area contributed by atoms with Crippen molar-refractivity contribution in [2.75, 3.05) is 13.2 Å². The molecular weight excluding hydrogens is 163 g/mol. The minimum absolute atomic E-state index is 0.135. The van der Waals surface area contributed by atoms with Crippen LogP contribution in [0.15, 0.2) is 0 Å². The van der Waals surface area contributed by atoms with Crippen molar-refractivity contribution in [3.63, 3.8) is 0 Å². The molecule has 5 N–H and O–H groups in total. The highest BCUT2D eigenvalue weighted by molar-refractivity contribution is 5.78. The SMILES string of the molecule is NCCCCC(N)(CF)C(=O)O. The van der Waals surface area contributed by atoms with Gasteiger partial charge in [-0.25, -0.2) is 4.39 Å². The Morgan fingerprint density at radius 1 is 1.50 bits per heavy atom. The molecule has 0 heterocycles. The number of aliphatic carboxylic acids is 1. The summed E-state index contributed by atoms with van der Waals surface area (Å²) in [4.78, 5) is 10.5. The number of alkyl halides is 1. The molecule has 0 aliphatic heterocycles. The van der Waals surface area contributed by atoms with Gasteiger partial charge >= 0.3 is 5.97 Å². The second-order valence-electron chi connectivity index (χ2n) is 2.84. The van der Waals surface area contributed by atoms with Crippen LogP contribution in [0.25, 0.3) is 0 Å². The van der Waals surface area contributed by atoms with Crippen molar-refractivity contribution >= 4 is 5.97 Å². The lowest BCUT2D eigenvalue weighted by Crippen LogP contribution is -2.50. The van der Waals surface area contributed by atoms with E-state index < -0.39 is 18.2 Å². The molecule has 0 radical (unpaired) electrons. The Morgan fingerprint density at radius 2 is 2.08 bits per heavy atom. The molecule has 72 valence electrons. The lowest BCUT2D eigenvalue weighted by molar-refractivity contribution is -0.144. The summed E-state index contributed by atoms with van der Waals surface area (Å²) >= 11 is 0. The van der Waals surface area contributed by atoms with E-state index in [-0.39, 0.29) is 6.42 Å². The van der Waals surface area contributed by atoms with E-state index in [1.165, 1.54) is 0 Å². The first-order valence-electron chi connectivity index (χ1n) is 3.85. The molecule has 12 heavy (non-hydrogen) atoms. The topological polar surface area (TPSA) is 89.3 Å². The molecular formula is C7H15FN2O2. The normalized spacial score (nSPS) is 15.6. The number of nitrogens with two attached hydrogens (primary N) is 2. The summed E-state index contributed by atoms with van der Waals surface area (Å²) < 4.78 is 12.2. The fraction of sp³-hybridized carbons (Fsp3) is 0.857. The van der Waals surface area contributed by atoms with Crippen LogP contribution in [0, 0.1) is 0 Å². The summed E-state index contributed by atoms with van der Waals surface area (Å²) in [5.74, 6) is -1.29.